The Labute approximate surface area is 119 Å². The lowest BCUT2D eigenvalue weighted by Gasteiger charge is -2.21. The van der Waals surface area contributed by atoms with E-state index >= 15 is 0 Å². The van der Waals surface area contributed by atoms with Crippen LogP contribution in [-0.4, -0.2) is 49.3 Å². The fourth-order valence-corrected chi connectivity index (χ4v) is 1.87. The molecule has 1 aromatic carbocycles. The molecule has 0 saturated heterocycles. The lowest BCUT2D eigenvalue weighted by molar-refractivity contribution is 0.218. The zero-order valence-corrected chi connectivity index (χ0v) is 12.1. The number of para-hydroxylation sites is 2. The van der Waals surface area contributed by atoms with Gasteiger partial charge in [0.1, 0.15) is 6.61 Å². The van der Waals surface area contributed by atoms with Gasteiger partial charge in [-0.05, 0) is 25.1 Å². The molecular weight excluding hydrogens is 258 g/mol. The van der Waals surface area contributed by atoms with Gasteiger partial charge in [-0.25, -0.2) is 0 Å². The summed E-state index contributed by atoms with van der Waals surface area (Å²) in [5, 5.41) is 11.6. The highest BCUT2D eigenvalue weighted by Gasteiger charge is 2.08. The van der Waals surface area contributed by atoms with Crippen molar-refractivity contribution < 1.29 is 14.7 Å². The van der Waals surface area contributed by atoms with E-state index in [1.54, 1.807) is 7.11 Å². The molecule has 0 saturated carbocycles. The van der Waals surface area contributed by atoms with E-state index in [1.807, 2.05) is 24.3 Å². The standard InChI is InChI=1S/C14H23N3O3/c1-3-8-17(11-14(15)16-18)9-10-20-13-7-5-4-6-12(13)19-2/h4-7,18H,3,8-11H2,1-2H3,(H2,15,16). The van der Waals surface area contributed by atoms with Gasteiger partial charge in [0.15, 0.2) is 17.3 Å². The molecule has 0 spiro atoms. The van der Waals surface area contributed by atoms with Gasteiger partial charge in [-0.15, -0.1) is 0 Å². The van der Waals surface area contributed by atoms with Crippen LogP contribution in [0.25, 0.3) is 0 Å². The van der Waals surface area contributed by atoms with Crippen LogP contribution in [0.2, 0.25) is 0 Å². The van der Waals surface area contributed by atoms with Crippen LogP contribution in [0.5, 0.6) is 11.5 Å². The molecule has 0 atom stereocenters. The normalized spacial score (nSPS) is 11.7. The van der Waals surface area contributed by atoms with Crippen molar-refractivity contribution in [3.8, 4) is 11.5 Å². The molecule has 1 rings (SSSR count). The topological polar surface area (TPSA) is 80.3 Å². The number of nitrogens with zero attached hydrogens (tertiary/aromatic N) is 2. The molecule has 20 heavy (non-hydrogen) atoms. The van der Waals surface area contributed by atoms with Gasteiger partial charge in [-0.3, -0.25) is 4.90 Å². The molecular formula is C14H23N3O3. The van der Waals surface area contributed by atoms with Crippen molar-refractivity contribution in [2.75, 3.05) is 33.4 Å². The molecule has 1 aromatic rings. The molecule has 0 fully saturated rings. The Balaban J connectivity index is 2.47. The molecule has 0 bridgehead atoms. The van der Waals surface area contributed by atoms with Crippen molar-refractivity contribution in [2.45, 2.75) is 13.3 Å². The van der Waals surface area contributed by atoms with E-state index in [2.05, 4.69) is 17.0 Å². The Kier molecular flexibility index (Phi) is 7.27. The van der Waals surface area contributed by atoms with Gasteiger partial charge < -0.3 is 20.4 Å². The van der Waals surface area contributed by atoms with Gasteiger partial charge in [-0.2, -0.15) is 0 Å². The SMILES string of the molecule is CCCN(CCOc1ccccc1OC)CC(N)=NO. The second-order valence-corrected chi connectivity index (χ2v) is 4.37. The highest BCUT2D eigenvalue weighted by Crippen LogP contribution is 2.25. The zero-order chi connectivity index (χ0) is 14.8. The first-order valence-corrected chi connectivity index (χ1v) is 6.65. The number of amidine groups is 1. The summed E-state index contributed by atoms with van der Waals surface area (Å²) < 4.78 is 10.9. The predicted molar refractivity (Wildman–Crippen MR) is 78.6 cm³/mol. The summed E-state index contributed by atoms with van der Waals surface area (Å²) in [6, 6.07) is 7.52. The molecule has 0 heterocycles. The van der Waals surface area contributed by atoms with Crippen molar-refractivity contribution in [3.63, 3.8) is 0 Å². The fraction of sp³-hybridized carbons (Fsp3) is 0.500. The average molecular weight is 281 g/mol. The lowest BCUT2D eigenvalue weighted by Crippen LogP contribution is -2.37. The molecule has 0 aliphatic carbocycles. The van der Waals surface area contributed by atoms with Crippen molar-refractivity contribution >= 4 is 5.84 Å². The maximum atomic E-state index is 8.61. The maximum Gasteiger partial charge on any atom is 0.161 e. The van der Waals surface area contributed by atoms with Crippen molar-refractivity contribution in [1.82, 2.24) is 4.90 Å². The Morgan fingerprint density at radius 2 is 2.00 bits per heavy atom. The molecule has 0 radical (unpaired) electrons. The minimum absolute atomic E-state index is 0.204. The Morgan fingerprint density at radius 1 is 1.30 bits per heavy atom. The van der Waals surface area contributed by atoms with Crippen LogP contribution >= 0.6 is 0 Å². The first kappa shape index (κ1) is 16.1. The van der Waals surface area contributed by atoms with E-state index in [0.29, 0.717) is 25.4 Å². The van der Waals surface area contributed by atoms with E-state index < -0.39 is 0 Å². The van der Waals surface area contributed by atoms with Crippen LogP contribution in [0.15, 0.2) is 29.4 Å². The van der Waals surface area contributed by atoms with Crippen LogP contribution in [-0.2, 0) is 0 Å². The third-order valence-electron chi connectivity index (χ3n) is 2.79. The van der Waals surface area contributed by atoms with Gasteiger partial charge in [0.05, 0.1) is 13.7 Å². The highest BCUT2D eigenvalue weighted by atomic mass is 16.5. The van der Waals surface area contributed by atoms with Crippen molar-refractivity contribution in [3.05, 3.63) is 24.3 Å². The summed E-state index contributed by atoms with van der Waals surface area (Å²) in [5.41, 5.74) is 5.53. The highest BCUT2D eigenvalue weighted by molar-refractivity contribution is 5.81. The number of hydrogen-bond donors (Lipinski definition) is 2. The number of benzene rings is 1. The number of ether oxygens (including phenoxy) is 2. The van der Waals surface area contributed by atoms with Gasteiger partial charge in [0.25, 0.3) is 0 Å². The molecule has 0 aromatic heterocycles. The third kappa shape index (κ3) is 5.36. The second kappa shape index (κ2) is 9.03. The van der Waals surface area contributed by atoms with Crippen LogP contribution in [0.1, 0.15) is 13.3 Å². The third-order valence-corrected chi connectivity index (χ3v) is 2.79. The first-order chi connectivity index (χ1) is 9.71. The zero-order valence-electron chi connectivity index (χ0n) is 12.1. The van der Waals surface area contributed by atoms with E-state index in [-0.39, 0.29) is 5.84 Å². The summed E-state index contributed by atoms with van der Waals surface area (Å²) >= 11 is 0. The number of oxime groups is 1. The van der Waals surface area contributed by atoms with Crippen LogP contribution < -0.4 is 15.2 Å². The molecule has 0 aliphatic heterocycles. The van der Waals surface area contributed by atoms with Gasteiger partial charge in [0.2, 0.25) is 0 Å². The first-order valence-electron chi connectivity index (χ1n) is 6.65. The van der Waals surface area contributed by atoms with E-state index in [0.717, 1.165) is 18.7 Å². The predicted octanol–water partition coefficient (Wildman–Crippen LogP) is 1.53. The maximum absolute atomic E-state index is 8.61. The van der Waals surface area contributed by atoms with Crippen molar-refractivity contribution in [2.24, 2.45) is 10.9 Å². The average Bonchev–Trinajstić information content (AvgIpc) is 2.47. The molecule has 6 heteroatoms. The van der Waals surface area contributed by atoms with Gasteiger partial charge in [0, 0.05) is 6.54 Å². The fourth-order valence-electron chi connectivity index (χ4n) is 1.87. The molecule has 6 nitrogen and oxygen atoms in total. The van der Waals surface area contributed by atoms with Gasteiger partial charge >= 0.3 is 0 Å². The molecule has 0 amide bonds. The summed E-state index contributed by atoms with van der Waals surface area (Å²) in [5.74, 6) is 1.64. The lowest BCUT2D eigenvalue weighted by atomic mass is 10.3. The number of rotatable bonds is 9. The quantitative estimate of drug-likeness (QED) is 0.310. The molecule has 112 valence electrons. The number of methoxy groups -OCH3 is 1. The summed E-state index contributed by atoms with van der Waals surface area (Å²) in [7, 11) is 1.62. The number of nitrogens with two attached hydrogens (primary N) is 1. The van der Waals surface area contributed by atoms with Crippen LogP contribution in [0, 0.1) is 0 Å². The Morgan fingerprint density at radius 3 is 2.60 bits per heavy atom. The molecule has 0 aliphatic rings. The van der Waals surface area contributed by atoms with Crippen LogP contribution in [0.4, 0.5) is 0 Å². The van der Waals surface area contributed by atoms with Crippen LogP contribution in [0.3, 0.4) is 0 Å². The summed E-state index contributed by atoms with van der Waals surface area (Å²) in [6.07, 6.45) is 0.993. The number of hydrogen-bond acceptors (Lipinski definition) is 5. The largest absolute Gasteiger partial charge is 0.493 e. The summed E-state index contributed by atoms with van der Waals surface area (Å²) in [6.45, 7) is 4.59. The van der Waals surface area contributed by atoms with E-state index in [1.165, 1.54) is 0 Å². The molecule has 0 unspecified atom stereocenters. The second-order valence-electron chi connectivity index (χ2n) is 4.37. The minimum Gasteiger partial charge on any atom is -0.493 e. The monoisotopic (exact) mass is 281 g/mol. The molecule has 3 N–H and O–H groups in total. The van der Waals surface area contributed by atoms with Crippen molar-refractivity contribution in [1.29, 1.82) is 0 Å². The van der Waals surface area contributed by atoms with E-state index in [4.69, 9.17) is 20.4 Å². The van der Waals surface area contributed by atoms with Gasteiger partial charge in [-0.1, -0.05) is 24.2 Å². The smallest absolute Gasteiger partial charge is 0.161 e. The minimum atomic E-state index is 0.204. The Hall–Kier alpha value is -1.95. The summed E-state index contributed by atoms with van der Waals surface area (Å²) in [4.78, 5) is 2.07. The Bertz CT molecular complexity index is 424. The van der Waals surface area contributed by atoms with E-state index in [9.17, 15) is 0 Å².